The van der Waals surface area contributed by atoms with Gasteiger partial charge in [0, 0.05) is 23.1 Å². The number of amides is 1. The molecule has 1 aliphatic heterocycles. The highest BCUT2D eigenvalue weighted by atomic mass is 79.9. The van der Waals surface area contributed by atoms with Gasteiger partial charge in [-0.05, 0) is 54.0 Å². The maximum Gasteiger partial charge on any atom is 0.409 e. The minimum atomic E-state index is -3.13. The Morgan fingerprint density at radius 2 is 2.00 bits per heavy atom. The maximum absolute atomic E-state index is 15.0. The van der Waals surface area contributed by atoms with E-state index < -0.39 is 29.9 Å². The van der Waals surface area contributed by atoms with Crippen molar-refractivity contribution in [1.82, 2.24) is 9.97 Å². The molecule has 1 aromatic heterocycles. The van der Waals surface area contributed by atoms with Crippen LogP contribution < -0.4 is 15.4 Å². The summed E-state index contributed by atoms with van der Waals surface area (Å²) in [5.41, 5.74) is -0.626. The number of aromatic nitrogens is 2. The lowest BCUT2D eigenvalue weighted by atomic mass is 10.0. The van der Waals surface area contributed by atoms with Gasteiger partial charge >= 0.3 is 6.09 Å². The minimum Gasteiger partial charge on any atom is -0.487 e. The van der Waals surface area contributed by atoms with Gasteiger partial charge in [-0.25, -0.2) is 27.9 Å². The van der Waals surface area contributed by atoms with Gasteiger partial charge in [-0.2, -0.15) is 0 Å². The third-order valence-electron chi connectivity index (χ3n) is 5.48. The van der Waals surface area contributed by atoms with Gasteiger partial charge in [-0.15, -0.1) is 0 Å². The highest BCUT2D eigenvalue weighted by molar-refractivity contribution is 9.10. The van der Waals surface area contributed by atoms with Gasteiger partial charge in [0.1, 0.15) is 29.3 Å². The number of rotatable bonds is 7. The van der Waals surface area contributed by atoms with Crippen molar-refractivity contribution in [3.8, 4) is 5.75 Å². The summed E-state index contributed by atoms with van der Waals surface area (Å²) >= 11 is 3.50. The number of ether oxygens (including phenoxy) is 2. The van der Waals surface area contributed by atoms with Crippen molar-refractivity contribution >= 4 is 44.4 Å². The molecule has 35 heavy (non-hydrogen) atoms. The molecule has 1 aliphatic rings. The summed E-state index contributed by atoms with van der Waals surface area (Å²) in [5, 5.41) is 14.6. The zero-order valence-corrected chi connectivity index (χ0v) is 20.3. The molecule has 3 aromatic rings. The summed E-state index contributed by atoms with van der Waals surface area (Å²) in [5.74, 6) is 0.204. The molecular weight excluding hydrogens is 533 g/mol. The van der Waals surface area contributed by atoms with Gasteiger partial charge in [0.15, 0.2) is 0 Å². The van der Waals surface area contributed by atoms with E-state index in [0.29, 0.717) is 46.0 Å². The first-order chi connectivity index (χ1) is 16.6. The Hall–Kier alpha value is -3.12. The molecule has 1 saturated heterocycles. The lowest BCUT2D eigenvalue weighted by Crippen LogP contribution is -2.16. The van der Waals surface area contributed by atoms with Crippen LogP contribution in [-0.2, 0) is 4.74 Å². The van der Waals surface area contributed by atoms with Crippen LogP contribution in [0.25, 0.3) is 10.9 Å². The first-order valence-corrected chi connectivity index (χ1v) is 11.5. The number of aryl methyl sites for hydroxylation is 1. The summed E-state index contributed by atoms with van der Waals surface area (Å²) in [4.78, 5) is 19.9. The van der Waals surface area contributed by atoms with Crippen molar-refractivity contribution in [2.24, 2.45) is 0 Å². The average molecular weight is 555 g/mol. The van der Waals surface area contributed by atoms with Crippen LogP contribution >= 0.6 is 15.9 Å². The molecule has 12 heteroatoms. The van der Waals surface area contributed by atoms with E-state index in [0.717, 1.165) is 12.5 Å². The average Bonchev–Trinajstić information content (AvgIpc) is 3.28. The molecule has 2 aromatic carbocycles. The summed E-state index contributed by atoms with van der Waals surface area (Å²) in [6.07, 6.45) is -3.93. The molecule has 0 bridgehead atoms. The molecule has 4 rings (SSSR count). The second-order valence-corrected chi connectivity index (χ2v) is 8.94. The molecule has 0 aliphatic carbocycles. The first-order valence-electron chi connectivity index (χ1n) is 10.7. The van der Waals surface area contributed by atoms with Crippen LogP contribution in [0.2, 0.25) is 0 Å². The number of hydrogen-bond acceptors (Lipinski definition) is 6. The topological polar surface area (TPSA) is 106 Å². The van der Waals surface area contributed by atoms with Crippen molar-refractivity contribution in [2.45, 2.75) is 38.8 Å². The van der Waals surface area contributed by atoms with Crippen LogP contribution in [0.3, 0.4) is 0 Å². The Kier molecular flexibility index (Phi) is 7.31. The van der Waals surface area contributed by atoms with E-state index in [1.165, 1.54) is 6.07 Å². The van der Waals surface area contributed by atoms with Crippen molar-refractivity contribution in [1.29, 1.82) is 0 Å². The number of carboxylic acid groups (broad SMARTS) is 1. The second-order valence-electron chi connectivity index (χ2n) is 8.09. The van der Waals surface area contributed by atoms with Crippen molar-refractivity contribution in [3.05, 3.63) is 51.5 Å². The Balaban J connectivity index is 1.73. The van der Waals surface area contributed by atoms with Gasteiger partial charge in [-0.3, -0.25) is 5.32 Å². The van der Waals surface area contributed by atoms with E-state index >= 15 is 0 Å². The summed E-state index contributed by atoms with van der Waals surface area (Å²) in [6.45, 7) is 4.35. The quantitative estimate of drug-likeness (QED) is 0.319. The molecule has 0 spiro atoms. The molecule has 0 unspecified atom stereocenters. The number of benzene rings is 2. The van der Waals surface area contributed by atoms with Crippen LogP contribution in [0.1, 0.15) is 42.8 Å². The molecule has 0 saturated carbocycles. The number of fused-ring (bicyclic) bond motifs is 1. The Morgan fingerprint density at radius 3 is 2.66 bits per heavy atom. The minimum absolute atomic E-state index is 0.100. The Bertz CT molecular complexity index is 1270. The number of carbonyl (C=O) groups is 1. The number of alkyl halides is 2. The fourth-order valence-corrected chi connectivity index (χ4v) is 4.28. The molecule has 2 heterocycles. The molecule has 3 N–H and O–H groups in total. The lowest BCUT2D eigenvalue weighted by molar-refractivity contribution is 0.141. The van der Waals surface area contributed by atoms with Crippen molar-refractivity contribution in [2.75, 3.05) is 23.8 Å². The van der Waals surface area contributed by atoms with Crippen LogP contribution in [0.5, 0.6) is 5.75 Å². The molecule has 1 fully saturated rings. The normalized spacial score (nSPS) is 16.5. The number of nitrogens with zero attached hydrogens (tertiary/aromatic N) is 2. The van der Waals surface area contributed by atoms with Crippen molar-refractivity contribution < 1.29 is 32.5 Å². The number of nitrogens with one attached hydrogen (secondary N) is 2. The van der Waals surface area contributed by atoms with E-state index in [-0.39, 0.29) is 17.4 Å². The van der Waals surface area contributed by atoms with E-state index in [1.54, 1.807) is 26.0 Å². The van der Waals surface area contributed by atoms with E-state index in [1.807, 2.05) is 5.32 Å². The molecule has 0 radical (unpaired) electrons. The summed E-state index contributed by atoms with van der Waals surface area (Å²) in [6, 6.07) is 4.63. The van der Waals surface area contributed by atoms with E-state index in [4.69, 9.17) is 14.6 Å². The van der Waals surface area contributed by atoms with Crippen LogP contribution in [0.15, 0.2) is 28.7 Å². The molecule has 8 nitrogen and oxygen atoms in total. The predicted molar refractivity (Wildman–Crippen MR) is 127 cm³/mol. The zero-order valence-electron chi connectivity index (χ0n) is 18.7. The molecule has 1 amide bonds. The molecular formula is C23H22BrF3N4O4. The van der Waals surface area contributed by atoms with Crippen LogP contribution in [0, 0.1) is 12.7 Å². The van der Waals surface area contributed by atoms with Gasteiger partial charge in [-0.1, -0.05) is 0 Å². The largest absolute Gasteiger partial charge is 0.487 e. The Labute approximate surface area is 207 Å². The van der Waals surface area contributed by atoms with Gasteiger partial charge in [0.05, 0.1) is 34.8 Å². The van der Waals surface area contributed by atoms with Gasteiger partial charge in [0.25, 0.3) is 6.43 Å². The zero-order chi connectivity index (χ0) is 25.3. The third-order valence-corrected chi connectivity index (χ3v) is 6.10. The number of halogens is 4. The number of anilines is 2. The fraction of sp³-hybridized carbons (Fsp3) is 0.348. The third kappa shape index (κ3) is 5.59. The van der Waals surface area contributed by atoms with E-state index in [9.17, 15) is 18.0 Å². The molecule has 186 valence electrons. The predicted octanol–water partition coefficient (Wildman–Crippen LogP) is 6.21. The van der Waals surface area contributed by atoms with Gasteiger partial charge < -0.3 is 19.9 Å². The van der Waals surface area contributed by atoms with Gasteiger partial charge in [0.2, 0.25) is 0 Å². The van der Waals surface area contributed by atoms with Crippen LogP contribution in [-0.4, -0.2) is 40.5 Å². The monoisotopic (exact) mass is 554 g/mol. The van der Waals surface area contributed by atoms with E-state index in [2.05, 4.69) is 31.2 Å². The van der Waals surface area contributed by atoms with Crippen LogP contribution in [0.4, 0.5) is 29.5 Å². The standard InChI is InChI=1S/C23H22BrF3N4O4/c1-10(14-5-12(31-23(32)33)6-16(20(14)25)21(26)27)28-22-15-7-19(35-13-3-4-34-9-13)17(24)8-18(15)29-11(2)30-22/h5-8,10,13,21,31H,3-4,9H2,1-2H3,(H,32,33)(H,28,29,30)/t10-,13+/m1/s1. The Morgan fingerprint density at radius 1 is 1.26 bits per heavy atom. The summed E-state index contributed by atoms with van der Waals surface area (Å²) < 4.78 is 53.9. The smallest absolute Gasteiger partial charge is 0.409 e. The molecule has 2 atom stereocenters. The number of hydrogen-bond donors (Lipinski definition) is 3. The maximum atomic E-state index is 15.0. The first kappa shape index (κ1) is 25.0. The fourth-order valence-electron chi connectivity index (χ4n) is 3.85. The van der Waals surface area contributed by atoms with Crippen molar-refractivity contribution in [3.63, 3.8) is 0 Å². The second kappa shape index (κ2) is 10.2. The SMILES string of the molecule is Cc1nc(N[C@H](C)c2cc(NC(=O)O)cc(C(F)F)c2F)c2cc(O[C@H]3CCOC3)c(Br)cc2n1. The highest BCUT2D eigenvalue weighted by Crippen LogP contribution is 2.36. The lowest BCUT2D eigenvalue weighted by Gasteiger charge is -2.20. The summed E-state index contributed by atoms with van der Waals surface area (Å²) in [7, 11) is 0. The highest BCUT2D eigenvalue weighted by Gasteiger charge is 2.24.